The molecule has 76 valence electrons. The first-order valence-corrected chi connectivity index (χ1v) is 6.24. The zero-order chi connectivity index (χ0) is 9.80. The van der Waals surface area contributed by atoms with Gasteiger partial charge in [-0.15, -0.1) is 11.3 Å². The molecule has 0 bridgehead atoms. The van der Waals surface area contributed by atoms with Crippen molar-refractivity contribution in [2.75, 3.05) is 20.1 Å². The van der Waals surface area contributed by atoms with Crippen LogP contribution in [0.1, 0.15) is 17.7 Å². The SMILES string of the molecule is C[NH+]1CC=C(CCc2cccs2)CC1. The van der Waals surface area contributed by atoms with E-state index in [2.05, 4.69) is 30.6 Å². The fourth-order valence-corrected chi connectivity index (χ4v) is 2.57. The van der Waals surface area contributed by atoms with Crippen molar-refractivity contribution in [3.63, 3.8) is 0 Å². The first-order chi connectivity index (χ1) is 6.84. The first kappa shape index (κ1) is 9.94. The molecule has 0 spiro atoms. The van der Waals surface area contributed by atoms with Gasteiger partial charge in [0, 0.05) is 11.3 Å². The van der Waals surface area contributed by atoms with E-state index in [0.717, 1.165) is 0 Å². The lowest BCUT2D eigenvalue weighted by atomic mass is 10.0. The Morgan fingerprint density at radius 3 is 3.00 bits per heavy atom. The molecule has 1 nitrogen and oxygen atoms in total. The van der Waals surface area contributed by atoms with Crippen LogP contribution in [0, 0.1) is 0 Å². The lowest BCUT2D eigenvalue weighted by Gasteiger charge is -2.19. The molecule has 1 N–H and O–H groups in total. The fourth-order valence-electron chi connectivity index (χ4n) is 1.86. The average molecular weight is 208 g/mol. The molecule has 1 aliphatic rings. The van der Waals surface area contributed by atoms with Crippen molar-refractivity contribution in [1.82, 2.24) is 0 Å². The fraction of sp³-hybridized carbons (Fsp3) is 0.500. The second-order valence-corrected chi connectivity index (χ2v) is 5.14. The van der Waals surface area contributed by atoms with Crippen LogP contribution >= 0.6 is 11.3 Å². The van der Waals surface area contributed by atoms with Gasteiger partial charge >= 0.3 is 0 Å². The second-order valence-electron chi connectivity index (χ2n) is 4.10. The summed E-state index contributed by atoms with van der Waals surface area (Å²) in [6.45, 7) is 2.54. The summed E-state index contributed by atoms with van der Waals surface area (Å²) in [5.74, 6) is 0. The Bertz CT molecular complexity index is 300. The van der Waals surface area contributed by atoms with E-state index < -0.39 is 0 Å². The van der Waals surface area contributed by atoms with Crippen LogP contribution in [0.5, 0.6) is 0 Å². The third-order valence-electron chi connectivity index (χ3n) is 2.88. The number of hydrogen-bond donors (Lipinski definition) is 1. The minimum Gasteiger partial charge on any atom is -0.334 e. The van der Waals surface area contributed by atoms with E-state index in [-0.39, 0.29) is 0 Å². The second kappa shape index (κ2) is 4.76. The molecule has 1 aliphatic heterocycles. The standard InChI is InChI=1S/C12H17NS/c1-13-8-6-11(7-9-13)4-5-12-3-2-10-14-12/h2-3,6,10H,4-5,7-9H2,1H3/p+1. The minimum atomic E-state index is 1.22. The molecule has 2 heteroatoms. The lowest BCUT2D eigenvalue weighted by Crippen LogP contribution is -3.09. The van der Waals surface area contributed by atoms with Gasteiger partial charge in [-0.05, 0) is 30.4 Å². The topological polar surface area (TPSA) is 4.44 Å². The summed E-state index contributed by atoms with van der Waals surface area (Å²) in [4.78, 5) is 3.17. The van der Waals surface area contributed by atoms with Crippen molar-refractivity contribution in [2.45, 2.75) is 19.3 Å². The zero-order valence-electron chi connectivity index (χ0n) is 8.75. The Kier molecular flexibility index (Phi) is 3.38. The maximum atomic E-state index is 2.44. The molecule has 1 aromatic heterocycles. The number of thiophene rings is 1. The third-order valence-corrected chi connectivity index (χ3v) is 3.82. The van der Waals surface area contributed by atoms with Gasteiger partial charge < -0.3 is 4.90 Å². The highest BCUT2D eigenvalue weighted by Crippen LogP contribution is 2.16. The Labute approximate surface area is 90.1 Å². The molecule has 2 rings (SSSR count). The Morgan fingerprint density at radius 1 is 1.43 bits per heavy atom. The highest BCUT2D eigenvalue weighted by molar-refractivity contribution is 7.09. The molecule has 0 saturated carbocycles. The van der Waals surface area contributed by atoms with Gasteiger partial charge in [-0.2, -0.15) is 0 Å². The molecule has 1 aromatic rings. The molecule has 14 heavy (non-hydrogen) atoms. The average Bonchev–Trinajstić information content (AvgIpc) is 2.70. The molecular weight excluding hydrogens is 190 g/mol. The van der Waals surface area contributed by atoms with E-state index >= 15 is 0 Å². The van der Waals surface area contributed by atoms with Gasteiger partial charge in [0.2, 0.25) is 0 Å². The monoisotopic (exact) mass is 208 g/mol. The summed E-state index contributed by atoms with van der Waals surface area (Å²) in [5, 5.41) is 2.17. The number of likely N-dealkylation sites (N-methyl/N-ethyl adjacent to an activating group) is 1. The summed E-state index contributed by atoms with van der Waals surface area (Å²) in [5.41, 5.74) is 1.67. The van der Waals surface area contributed by atoms with Gasteiger partial charge in [-0.25, -0.2) is 0 Å². The predicted octanol–water partition coefficient (Wildman–Crippen LogP) is 1.53. The number of hydrogen-bond acceptors (Lipinski definition) is 1. The largest absolute Gasteiger partial charge is 0.334 e. The Hall–Kier alpha value is -0.600. The normalized spacial score (nSPS) is 22.1. The van der Waals surface area contributed by atoms with E-state index in [1.165, 1.54) is 37.2 Å². The van der Waals surface area contributed by atoms with Crippen LogP contribution < -0.4 is 4.90 Å². The van der Waals surface area contributed by atoms with Crippen LogP contribution in [0.15, 0.2) is 29.2 Å². The van der Waals surface area contributed by atoms with Gasteiger partial charge in [0.15, 0.2) is 0 Å². The van der Waals surface area contributed by atoms with Crippen LogP contribution in [0.25, 0.3) is 0 Å². The van der Waals surface area contributed by atoms with E-state index in [9.17, 15) is 0 Å². The quantitative estimate of drug-likeness (QED) is 0.719. The van der Waals surface area contributed by atoms with Crippen molar-refractivity contribution in [2.24, 2.45) is 0 Å². The number of aryl methyl sites for hydroxylation is 1. The van der Waals surface area contributed by atoms with Crippen LogP contribution in [0.2, 0.25) is 0 Å². The Balaban J connectivity index is 1.81. The van der Waals surface area contributed by atoms with Gasteiger partial charge in [0.1, 0.15) is 0 Å². The highest BCUT2D eigenvalue weighted by atomic mass is 32.1. The van der Waals surface area contributed by atoms with Crippen LogP contribution in [-0.4, -0.2) is 20.1 Å². The van der Waals surface area contributed by atoms with Crippen molar-refractivity contribution in [3.05, 3.63) is 34.0 Å². The summed E-state index contributed by atoms with van der Waals surface area (Å²) in [7, 11) is 2.27. The van der Waals surface area contributed by atoms with E-state index in [0.29, 0.717) is 0 Å². The maximum Gasteiger partial charge on any atom is 0.0958 e. The predicted molar refractivity (Wildman–Crippen MR) is 62.0 cm³/mol. The van der Waals surface area contributed by atoms with Crippen molar-refractivity contribution >= 4 is 11.3 Å². The summed E-state index contributed by atoms with van der Waals surface area (Å²) in [6.07, 6.45) is 6.25. The van der Waals surface area contributed by atoms with Gasteiger partial charge in [-0.1, -0.05) is 11.6 Å². The molecule has 1 unspecified atom stereocenters. The first-order valence-electron chi connectivity index (χ1n) is 5.36. The number of nitrogens with one attached hydrogen (secondary N) is 1. The van der Waals surface area contributed by atoms with E-state index in [1.54, 1.807) is 10.5 Å². The lowest BCUT2D eigenvalue weighted by molar-refractivity contribution is -0.874. The van der Waals surface area contributed by atoms with Gasteiger partial charge in [0.25, 0.3) is 0 Å². The molecule has 0 saturated heterocycles. The van der Waals surface area contributed by atoms with E-state index in [1.807, 2.05) is 11.3 Å². The van der Waals surface area contributed by atoms with Gasteiger partial charge in [-0.3, -0.25) is 0 Å². The number of quaternary nitrogens is 1. The molecule has 0 radical (unpaired) electrons. The minimum absolute atomic E-state index is 1.22. The molecule has 0 fully saturated rings. The maximum absolute atomic E-state index is 2.44. The summed E-state index contributed by atoms with van der Waals surface area (Å²) < 4.78 is 0. The highest BCUT2D eigenvalue weighted by Gasteiger charge is 2.10. The molecule has 1 atom stereocenters. The van der Waals surface area contributed by atoms with Crippen molar-refractivity contribution < 1.29 is 4.90 Å². The van der Waals surface area contributed by atoms with Crippen LogP contribution in [0.3, 0.4) is 0 Å². The smallest absolute Gasteiger partial charge is 0.0958 e. The molecule has 2 heterocycles. The Morgan fingerprint density at radius 2 is 2.36 bits per heavy atom. The van der Waals surface area contributed by atoms with Gasteiger partial charge in [0.05, 0.1) is 20.1 Å². The van der Waals surface area contributed by atoms with Crippen molar-refractivity contribution in [1.29, 1.82) is 0 Å². The number of rotatable bonds is 3. The zero-order valence-corrected chi connectivity index (χ0v) is 9.57. The summed E-state index contributed by atoms with van der Waals surface area (Å²) in [6, 6.07) is 4.39. The molecule has 0 amide bonds. The van der Waals surface area contributed by atoms with E-state index in [4.69, 9.17) is 0 Å². The summed E-state index contributed by atoms with van der Waals surface area (Å²) >= 11 is 1.88. The molecular formula is C12H18NS+. The van der Waals surface area contributed by atoms with Crippen molar-refractivity contribution in [3.8, 4) is 0 Å². The third kappa shape index (κ3) is 2.69. The molecule has 0 aromatic carbocycles. The van der Waals surface area contributed by atoms with Crippen LogP contribution in [-0.2, 0) is 6.42 Å². The molecule has 0 aliphatic carbocycles. The van der Waals surface area contributed by atoms with Crippen LogP contribution in [0.4, 0.5) is 0 Å².